The Labute approximate surface area is 154 Å². The third-order valence-electron chi connectivity index (χ3n) is 4.77. The van der Waals surface area contributed by atoms with Crippen LogP contribution < -0.4 is 5.32 Å². The molecule has 2 N–H and O–H groups in total. The molecule has 1 fully saturated rings. The average Bonchev–Trinajstić information content (AvgIpc) is 3.06. The van der Waals surface area contributed by atoms with Crippen LogP contribution in [0.5, 0.6) is 5.75 Å². The van der Waals surface area contributed by atoms with Crippen LogP contribution in [0, 0.1) is 0 Å². The van der Waals surface area contributed by atoms with Crippen molar-refractivity contribution in [1.29, 1.82) is 0 Å². The molecule has 0 aromatic heterocycles. The maximum atomic E-state index is 12.8. The summed E-state index contributed by atoms with van der Waals surface area (Å²) in [6.45, 7) is 7.02. The van der Waals surface area contributed by atoms with E-state index in [9.17, 15) is 19.5 Å². The monoisotopic (exact) mass is 361 g/mol. The molecule has 1 aromatic rings. The van der Waals surface area contributed by atoms with Gasteiger partial charge in [-0.1, -0.05) is 19.1 Å². The quantitative estimate of drug-likeness (QED) is 0.801. The summed E-state index contributed by atoms with van der Waals surface area (Å²) in [5.74, 6) is -0.695. The molecule has 142 valence electrons. The molecule has 1 aliphatic heterocycles. The molecule has 1 aromatic carbocycles. The molecule has 3 amide bonds. The van der Waals surface area contributed by atoms with Crippen LogP contribution in [0.4, 0.5) is 0 Å². The smallest absolute Gasteiger partial charge is 0.255 e. The van der Waals surface area contributed by atoms with Crippen molar-refractivity contribution in [2.75, 3.05) is 19.6 Å². The van der Waals surface area contributed by atoms with Crippen LogP contribution in [0.15, 0.2) is 24.3 Å². The van der Waals surface area contributed by atoms with Crippen molar-refractivity contribution in [3.8, 4) is 5.75 Å². The SMILES string of the molecule is CCC(=O)N1C[C@H](NC(=O)c2ccccc2O)C[C@H]1C(=O)N(CC)CC. The zero-order chi connectivity index (χ0) is 19.3. The van der Waals surface area contributed by atoms with Crippen molar-refractivity contribution in [2.24, 2.45) is 0 Å². The maximum absolute atomic E-state index is 12.8. The van der Waals surface area contributed by atoms with Crippen molar-refractivity contribution in [2.45, 2.75) is 45.7 Å². The van der Waals surface area contributed by atoms with E-state index in [1.54, 1.807) is 28.9 Å². The predicted octanol–water partition coefficient (Wildman–Crippen LogP) is 1.37. The normalized spacial score (nSPS) is 19.3. The lowest BCUT2D eigenvalue weighted by Gasteiger charge is -2.28. The first-order valence-electron chi connectivity index (χ1n) is 9.09. The van der Waals surface area contributed by atoms with Gasteiger partial charge in [0.2, 0.25) is 11.8 Å². The van der Waals surface area contributed by atoms with E-state index in [1.165, 1.54) is 12.1 Å². The molecule has 7 nitrogen and oxygen atoms in total. The van der Waals surface area contributed by atoms with Gasteiger partial charge in [0.05, 0.1) is 5.56 Å². The van der Waals surface area contributed by atoms with Gasteiger partial charge in [-0.05, 0) is 32.4 Å². The van der Waals surface area contributed by atoms with Crippen molar-refractivity contribution in [1.82, 2.24) is 15.1 Å². The number of benzene rings is 1. The Balaban J connectivity index is 2.14. The van der Waals surface area contributed by atoms with Gasteiger partial charge in [0.1, 0.15) is 11.8 Å². The van der Waals surface area contributed by atoms with E-state index < -0.39 is 11.9 Å². The molecule has 26 heavy (non-hydrogen) atoms. The third kappa shape index (κ3) is 4.15. The second-order valence-corrected chi connectivity index (χ2v) is 6.35. The fraction of sp³-hybridized carbons (Fsp3) is 0.526. The molecule has 1 saturated heterocycles. The Morgan fingerprint density at radius 1 is 1.19 bits per heavy atom. The second-order valence-electron chi connectivity index (χ2n) is 6.35. The van der Waals surface area contributed by atoms with E-state index in [4.69, 9.17) is 0 Å². The van der Waals surface area contributed by atoms with E-state index in [2.05, 4.69) is 5.32 Å². The average molecular weight is 361 g/mol. The molecule has 0 saturated carbocycles. The van der Waals surface area contributed by atoms with Crippen LogP contribution in [-0.2, 0) is 9.59 Å². The minimum atomic E-state index is -0.558. The van der Waals surface area contributed by atoms with Crippen molar-refractivity contribution in [3.05, 3.63) is 29.8 Å². The Hall–Kier alpha value is -2.57. The van der Waals surface area contributed by atoms with E-state index in [0.29, 0.717) is 32.5 Å². The standard InChI is InChI=1S/C19H27N3O4/c1-4-17(24)22-12-13(11-15(22)19(26)21(5-2)6-3)20-18(25)14-9-7-8-10-16(14)23/h7-10,13,15,23H,4-6,11-12H2,1-3H3,(H,20,25)/t13-,15+/m1/s1. The Kier molecular flexibility index (Phi) is 6.60. The van der Waals surface area contributed by atoms with Crippen LogP contribution in [0.3, 0.4) is 0 Å². The fourth-order valence-electron chi connectivity index (χ4n) is 3.33. The van der Waals surface area contributed by atoms with Gasteiger partial charge in [0.15, 0.2) is 0 Å². The number of phenolic OH excluding ortho intramolecular Hbond substituents is 1. The van der Waals surface area contributed by atoms with Crippen LogP contribution in [-0.4, -0.2) is 64.3 Å². The number of carbonyl (C=O) groups excluding carboxylic acids is 3. The Morgan fingerprint density at radius 3 is 2.42 bits per heavy atom. The zero-order valence-corrected chi connectivity index (χ0v) is 15.6. The molecule has 0 bridgehead atoms. The first-order valence-corrected chi connectivity index (χ1v) is 9.09. The molecule has 2 atom stereocenters. The summed E-state index contributed by atoms with van der Waals surface area (Å²) >= 11 is 0. The molecular weight excluding hydrogens is 334 g/mol. The summed E-state index contributed by atoms with van der Waals surface area (Å²) in [5.41, 5.74) is 0.180. The summed E-state index contributed by atoms with van der Waals surface area (Å²) in [6.07, 6.45) is 0.683. The molecule has 0 spiro atoms. The van der Waals surface area contributed by atoms with Gasteiger partial charge in [-0.15, -0.1) is 0 Å². The maximum Gasteiger partial charge on any atom is 0.255 e. The first kappa shape index (κ1) is 19.8. The van der Waals surface area contributed by atoms with Gasteiger partial charge in [-0.3, -0.25) is 14.4 Å². The highest BCUT2D eigenvalue weighted by Gasteiger charge is 2.41. The largest absolute Gasteiger partial charge is 0.507 e. The fourth-order valence-corrected chi connectivity index (χ4v) is 3.33. The highest BCUT2D eigenvalue weighted by molar-refractivity contribution is 5.97. The van der Waals surface area contributed by atoms with Gasteiger partial charge >= 0.3 is 0 Å². The van der Waals surface area contributed by atoms with Gasteiger partial charge in [-0.2, -0.15) is 0 Å². The summed E-state index contributed by atoms with van der Waals surface area (Å²) in [4.78, 5) is 40.7. The highest BCUT2D eigenvalue weighted by atomic mass is 16.3. The Bertz CT molecular complexity index is 673. The van der Waals surface area contributed by atoms with Crippen molar-refractivity contribution >= 4 is 17.7 Å². The number of nitrogens with one attached hydrogen (secondary N) is 1. The number of nitrogens with zero attached hydrogens (tertiary/aromatic N) is 2. The summed E-state index contributed by atoms with van der Waals surface area (Å²) in [5, 5.41) is 12.7. The summed E-state index contributed by atoms with van der Waals surface area (Å²) < 4.78 is 0. The number of likely N-dealkylation sites (tertiary alicyclic amines) is 1. The number of likely N-dealkylation sites (N-methyl/N-ethyl adjacent to an activating group) is 1. The van der Waals surface area contributed by atoms with E-state index in [-0.39, 0.29) is 29.2 Å². The molecule has 1 heterocycles. The lowest BCUT2D eigenvalue weighted by atomic mass is 10.1. The molecule has 0 radical (unpaired) electrons. The van der Waals surface area contributed by atoms with Crippen LogP contribution in [0.25, 0.3) is 0 Å². The van der Waals surface area contributed by atoms with Gasteiger partial charge in [-0.25, -0.2) is 0 Å². The predicted molar refractivity (Wildman–Crippen MR) is 97.7 cm³/mol. The number of phenols is 1. The molecule has 0 aliphatic carbocycles. The minimum Gasteiger partial charge on any atom is -0.507 e. The van der Waals surface area contributed by atoms with Gasteiger partial charge < -0.3 is 20.2 Å². The summed E-state index contributed by atoms with van der Waals surface area (Å²) in [6, 6.07) is 5.40. The summed E-state index contributed by atoms with van der Waals surface area (Å²) in [7, 11) is 0. The first-order chi connectivity index (χ1) is 12.4. The molecule has 2 rings (SSSR count). The van der Waals surface area contributed by atoms with Crippen LogP contribution in [0.2, 0.25) is 0 Å². The highest BCUT2D eigenvalue weighted by Crippen LogP contribution is 2.23. The number of hydrogen-bond acceptors (Lipinski definition) is 4. The number of rotatable bonds is 6. The van der Waals surface area contributed by atoms with Gasteiger partial charge in [0.25, 0.3) is 5.91 Å². The van der Waals surface area contributed by atoms with Crippen LogP contribution >= 0.6 is 0 Å². The minimum absolute atomic E-state index is 0.0869. The third-order valence-corrected chi connectivity index (χ3v) is 4.77. The molecular formula is C19H27N3O4. The zero-order valence-electron chi connectivity index (χ0n) is 15.6. The topological polar surface area (TPSA) is 90.0 Å². The van der Waals surface area contributed by atoms with Crippen molar-refractivity contribution in [3.63, 3.8) is 0 Å². The molecule has 7 heteroatoms. The van der Waals surface area contributed by atoms with Crippen molar-refractivity contribution < 1.29 is 19.5 Å². The number of para-hydroxylation sites is 1. The van der Waals surface area contributed by atoms with E-state index >= 15 is 0 Å². The van der Waals surface area contributed by atoms with E-state index in [0.717, 1.165) is 0 Å². The molecule has 1 aliphatic rings. The lowest BCUT2D eigenvalue weighted by Crippen LogP contribution is -2.47. The second kappa shape index (κ2) is 8.69. The number of aromatic hydroxyl groups is 1. The number of hydrogen-bond donors (Lipinski definition) is 2. The Morgan fingerprint density at radius 2 is 1.85 bits per heavy atom. The van der Waals surface area contributed by atoms with E-state index in [1.807, 2.05) is 13.8 Å². The number of carbonyl (C=O) groups is 3. The lowest BCUT2D eigenvalue weighted by molar-refractivity contribution is -0.143. The van der Waals surface area contributed by atoms with Gasteiger partial charge in [0, 0.05) is 32.1 Å². The number of amides is 3. The molecule has 0 unspecified atom stereocenters. The van der Waals surface area contributed by atoms with Crippen LogP contribution in [0.1, 0.15) is 44.0 Å².